The van der Waals surface area contributed by atoms with Gasteiger partial charge >= 0.3 is 0 Å². The Morgan fingerprint density at radius 3 is 2.18 bits per heavy atom. The van der Waals surface area contributed by atoms with Crippen molar-refractivity contribution in [3.63, 3.8) is 0 Å². The van der Waals surface area contributed by atoms with Gasteiger partial charge in [-0.1, -0.05) is 48.5 Å². The van der Waals surface area contributed by atoms with E-state index in [0.717, 1.165) is 5.69 Å². The molecule has 108 valence electrons. The van der Waals surface area contributed by atoms with Crippen LogP contribution < -0.4 is 5.56 Å². The second-order valence-electron chi connectivity index (χ2n) is 4.92. The highest BCUT2D eigenvalue weighted by molar-refractivity contribution is 6.08. The fraction of sp³-hybridized carbons (Fsp3) is 0.0556. The lowest BCUT2D eigenvalue weighted by Gasteiger charge is -2.09. The van der Waals surface area contributed by atoms with Crippen molar-refractivity contribution in [3.05, 3.63) is 94.2 Å². The maximum atomic E-state index is 12.5. The largest absolute Gasteiger partial charge is 0.287 e. The van der Waals surface area contributed by atoms with Crippen LogP contribution in [-0.4, -0.2) is 15.3 Å². The molecule has 0 aliphatic carbocycles. The summed E-state index contributed by atoms with van der Waals surface area (Å²) in [6.45, 7) is 1.63. The highest BCUT2D eigenvalue weighted by Gasteiger charge is 2.16. The molecule has 4 heteroatoms. The van der Waals surface area contributed by atoms with Gasteiger partial charge in [0.1, 0.15) is 12.0 Å². The van der Waals surface area contributed by atoms with Crippen molar-refractivity contribution in [2.75, 3.05) is 0 Å². The number of ketones is 1. The van der Waals surface area contributed by atoms with Crippen molar-refractivity contribution in [1.82, 2.24) is 9.55 Å². The van der Waals surface area contributed by atoms with Crippen molar-refractivity contribution in [2.45, 2.75) is 6.92 Å². The Kier molecular flexibility index (Phi) is 3.66. The van der Waals surface area contributed by atoms with Crippen LogP contribution in [-0.2, 0) is 0 Å². The van der Waals surface area contributed by atoms with Gasteiger partial charge in [-0.25, -0.2) is 4.98 Å². The molecule has 0 fully saturated rings. The van der Waals surface area contributed by atoms with Crippen LogP contribution in [0.2, 0.25) is 0 Å². The smallest absolute Gasteiger partial charge is 0.261 e. The predicted octanol–water partition coefficient (Wildman–Crippen LogP) is 2.77. The summed E-state index contributed by atoms with van der Waals surface area (Å²) in [6, 6.07) is 18.1. The highest BCUT2D eigenvalue weighted by Crippen LogP contribution is 2.10. The van der Waals surface area contributed by atoms with Crippen molar-refractivity contribution in [2.24, 2.45) is 0 Å². The molecule has 0 saturated carbocycles. The van der Waals surface area contributed by atoms with Crippen LogP contribution >= 0.6 is 0 Å². The number of benzene rings is 2. The van der Waals surface area contributed by atoms with Gasteiger partial charge in [-0.05, 0) is 19.1 Å². The summed E-state index contributed by atoms with van der Waals surface area (Å²) in [5, 5.41) is 0. The molecule has 0 spiro atoms. The van der Waals surface area contributed by atoms with Crippen LogP contribution in [0.25, 0.3) is 5.69 Å². The minimum Gasteiger partial charge on any atom is -0.287 e. The molecular formula is C18H14N2O2. The summed E-state index contributed by atoms with van der Waals surface area (Å²) < 4.78 is 1.44. The van der Waals surface area contributed by atoms with Crippen molar-refractivity contribution < 1.29 is 4.79 Å². The fourth-order valence-corrected chi connectivity index (χ4v) is 2.27. The molecule has 1 aromatic heterocycles. The average Bonchev–Trinajstić information content (AvgIpc) is 2.58. The quantitative estimate of drug-likeness (QED) is 0.697. The van der Waals surface area contributed by atoms with E-state index in [0.29, 0.717) is 11.1 Å². The minimum absolute atomic E-state index is 0.198. The molecule has 0 saturated heterocycles. The van der Waals surface area contributed by atoms with Crippen molar-refractivity contribution >= 4 is 5.78 Å². The molecule has 4 nitrogen and oxygen atoms in total. The Bertz CT molecular complexity index is 869. The van der Waals surface area contributed by atoms with Gasteiger partial charge in [0.15, 0.2) is 0 Å². The Morgan fingerprint density at radius 2 is 1.55 bits per heavy atom. The van der Waals surface area contributed by atoms with Crippen LogP contribution in [0, 0.1) is 6.92 Å². The molecule has 0 aliphatic heterocycles. The third-order valence-corrected chi connectivity index (χ3v) is 3.48. The van der Waals surface area contributed by atoms with Crippen LogP contribution in [0.1, 0.15) is 21.6 Å². The van der Waals surface area contributed by atoms with Gasteiger partial charge in [-0.2, -0.15) is 0 Å². The maximum absolute atomic E-state index is 12.5. The fourth-order valence-electron chi connectivity index (χ4n) is 2.27. The first kappa shape index (κ1) is 13.9. The summed E-state index contributed by atoms with van der Waals surface area (Å²) in [6.07, 6.45) is 1.40. The molecule has 0 N–H and O–H groups in total. The van der Waals surface area contributed by atoms with E-state index in [1.807, 2.05) is 36.4 Å². The zero-order valence-corrected chi connectivity index (χ0v) is 12.1. The van der Waals surface area contributed by atoms with Crippen LogP contribution in [0.4, 0.5) is 0 Å². The lowest BCUT2D eigenvalue weighted by molar-refractivity contribution is 0.103. The van der Waals surface area contributed by atoms with Crippen LogP contribution in [0.15, 0.2) is 71.8 Å². The molecule has 0 radical (unpaired) electrons. The van der Waals surface area contributed by atoms with E-state index in [4.69, 9.17) is 0 Å². The third-order valence-electron chi connectivity index (χ3n) is 3.48. The lowest BCUT2D eigenvalue weighted by atomic mass is 10.1. The average molecular weight is 290 g/mol. The Hall–Kier alpha value is -3.01. The Morgan fingerprint density at radius 1 is 0.955 bits per heavy atom. The first-order valence-electron chi connectivity index (χ1n) is 6.92. The first-order chi connectivity index (χ1) is 10.7. The van der Waals surface area contributed by atoms with Gasteiger partial charge in [0.25, 0.3) is 5.56 Å². The minimum atomic E-state index is -0.240. The number of carbonyl (C=O) groups is 1. The van der Waals surface area contributed by atoms with Crippen molar-refractivity contribution in [1.29, 1.82) is 0 Å². The summed E-state index contributed by atoms with van der Waals surface area (Å²) in [5.74, 6) is -0.240. The van der Waals surface area contributed by atoms with E-state index in [1.165, 1.54) is 10.9 Å². The van der Waals surface area contributed by atoms with Gasteiger partial charge in [-0.3, -0.25) is 14.2 Å². The standard InChI is InChI=1S/C18H14N2O2/c1-13-16(17(21)14-8-4-2-5-9-14)19-12-20(18(13)22)15-10-6-3-7-11-15/h2-12H,1H3. The van der Waals surface area contributed by atoms with E-state index in [9.17, 15) is 9.59 Å². The molecule has 0 aliphatic rings. The monoisotopic (exact) mass is 290 g/mol. The van der Waals surface area contributed by atoms with Crippen LogP contribution in [0.3, 0.4) is 0 Å². The topological polar surface area (TPSA) is 52.0 Å². The number of para-hydroxylation sites is 1. The van der Waals surface area contributed by atoms with Gasteiger partial charge in [0.2, 0.25) is 5.78 Å². The summed E-state index contributed by atoms with van der Waals surface area (Å²) in [7, 11) is 0. The lowest BCUT2D eigenvalue weighted by Crippen LogP contribution is -2.25. The molecule has 2 aromatic carbocycles. The Balaban J connectivity index is 2.08. The second-order valence-corrected chi connectivity index (χ2v) is 4.92. The highest BCUT2D eigenvalue weighted by atomic mass is 16.1. The molecule has 3 rings (SSSR count). The number of hydrogen-bond acceptors (Lipinski definition) is 3. The van der Waals surface area contributed by atoms with Crippen molar-refractivity contribution in [3.8, 4) is 5.69 Å². The van der Waals surface area contributed by atoms with E-state index in [2.05, 4.69) is 4.98 Å². The number of hydrogen-bond donors (Lipinski definition) is 0. The zero-order chi connectivity index (χ0) is 15.5. The predicted molar refractivity (Wildman–Crippen MR) is 84.4 cm³/mol. The molecule has 1 heterocycles. The van der Waals surface area contributed by atoms with E-state index >= 15 is 0 Å². The normalized spacial score (nSPS) is 10.4. The SMILES string of the molecule is Cc1c(C(=O)c2ccccc2)ncn(-c2ccccc2)c1=O. The molecule has 3 aromatic rings. The van der Waals surface area contributed by atoms with E-state index < -0.39 is 0 Å². The van der Waals surface area contributed by atoms with E-state index in [-0.39, 0.29) is 17.0 Å². The number of rotatable bonds is 3. The summed E-state index contributed by atoms with van der Waals surface area (Å²) in [4.78, 5) is 29.2. The first-order valence-corrected chi connectivity index (χ1v) is 6.92. The summed E-state index contributed by atoms with van der Waals surface area (Å²) in [5.41, 5.74) is 1.56. The van der Waals surface area contributed by atoms with E-state index in [1.54, 1.807) is 31.2 Å². The van der Waals surface area contributed by atoms with Gasteiger partial charge < -0.3 is 0 Å². The van der Waals surface area contributed by atoms with Gasteiger partial charge in [0, 0.05) is 11.1 Å². The third kappa shape index (κ3) is 2.46. The van der Waals surface area contributed by atoms with Gasteiger partial charge in [0.05, 0.1) is 5.69 Å². The molecule has 0 amide bonds. The van der Waals surface area contributed by atoms with Crippen LogP contribution in [0.5, 0.6) is 0 Å². The molecular weight excluding hydrogens is 276 g/mol. The molecule has 0 bridgehead atoms. The molecule has 22 heavy (non-hydrogen) atoms. The molecule has 0 unspecified atom stereocenters. The molecule has 0 atom stereocenters. The number of carbonyl (C=O) groups excluding carboxylic acids is 1. The van der Waals surface area contributed by atoms with Gasteiger partial charge in [-0.15, -0.1) is 0 Å². The zero-order valence-electron chi connectivity index (χ0n) is 12.1. The second kappa shape index (κ2) is 5.77. The number of aromatic nitrogens is 2. The number of nitrogens with zero attached hydrogens (tertiary/aromatic N) is 2. The maximum Gasteiger partial charge on any atom is 0.261 e. The summed E-state index contributed by atoms with van der Waals surface area (Å²) >= 11 is 0. The Labute approximate surface area is 127 Å².